The molecule has 116 valence electrons. The molecule has 21 heavy (non-hydrogen) atoms. The molecule has 2 atom stereocenters. The summed E-state index contributed by atoms with van der Waals surface area (Å²) in [6.45, 7) is 4.13. The fourth-order valence-electron chi connectivity index (χ4n) is 4.09. The van der Waals surface area contributed by atoms with E-state index < -0.39 is 0 Å². The predicted molar refractivity (Wildman–Crippen MR) is 87.5 cm³/mol. The summed E-state index contributed by atoms with van der Waals surface area (Å²) >= 11 is 0. The van der Waals surface area contributed by atoms with Crippen LogP contribution in [0.5, 0.6) is 0 Å². The van der Waals surface area contributed by atoms with E-state index in [4.69, 9.17) is 4.74 Å². The largest absolute Gasteiger partial charge is 0.372 e. The van der Waals surface area contributed by atoms with Gasteiger partial charge in [0.15, 0.2) is 0 Å². The Labute approximate surface area is 129 Å². The van der Waals surface area contributed by atoms with Gasteiger partial charge in [0, 0.05) is 6.04 Å². The van der Waals surface area contributed by atoms with E-state index in [9.17, 15) is 0 Å². The van der Waals surface area contributed by atoms with Crippen molar-refractivity contribution in [1.82, 2.24) is 5.32 Å². The van der Waals surface area contributed by atoms with Gasteiger partial charge in [-0.05, 0) is 55.7 Å². The highest BCUT2D eigenvalue weighted by molar-refractivity contribution is 5.31. The van der Waals surface area contributed by atoms with Crippen molar-refractivity contribution in [3.63, 3.8) is 0 Å². The summed E-state index contributed by atoms with van der Waals surface area (Å²) in [6.07, 6.45) is 9.53. The van der Waals surface area contributed by atoms with Crippen molar-refractivity contribution in [3.05, 3.63) is 35.4 Å². The van der Waals surface area contributed by atoms with Crippen LogP contribution in [0.1, 0.15) is 62.7 Å². The van der Waals surface area contributed by atoms with E-state index >= 15 is 0 Å². The number of fused-ring (bicyclic) bond motifs is 1. The number of aryl methyl sites for hydroxylation is 1. The molecule has 0 radical (unpaired) electrons. The fourth-order valence-corrected chi connectivity index (χ4v) is 4.09. The molecule has 1 N–H and O–H groups in total. The lowest BCUT2D eigenvalue weighted by molar-refractivity contribution is 0.0171. The molecular weight excluding hydrogens is 258 g/mol. The Balaban J connectivity index is 1.61. The molecule has 0 amide bonds. The van der Waals surface area contributed by atoms with Crippen LogP contribution in [0.4, 0.5) is 0 Å². The quantitative estimate of drug-likeness (QED) is 0.844. The maximum atomic E-state index is 6.37. The summed E-state index contributed by atoms with van der Waals surface area (Å²) in [5.74, 6) is 0.823. The second-order valence-corrected chi connectivity index (χ2v) is 6.62. The van der Waals surface area contributed by atoms with E-state index in [1.165, 1.54) is 56.1 Å². The van der Waals surface area contributed by atoms with Gasteiger partial charge in [0.05, 0.1) is 12.7 Å². The second kappa shape index (κ2) is 7.42. The lowest BCUT2D eigenvalue weighted by Crippen LogP contribution is -2.39. The highest BCUT2D eigenvalue weighted by Crippen LogP contribution is 2.34. The summed E-state index contributed by atoms with van der Waals surface area (Å²) in [5.41, 5.74) is 2.93. The summed E-state index contributed by atoms with van der Waals surface area (Å²) < 4.78 is 6.37. The zero-order chi connectivity index (χ0) is 14.5. The van der Waals surface area contributed by atoms with Crippen LogP contribution in [0, 0.1) is 5.92 Å². The SMILES string of the molecule is CCNC(COC1CCCc2ccccc21)C1CCCC1. The van der Waals surface area contributed by atoms with E-state index in [0.717, 1.165) is 19.1 Å². The van der Waals surface area contributed by atoms with Crippen LogP contribution < -0.4 is 5.32 Å². The zero-order valence-electron chi connectivity index (χ0n) is 13.3. The van der Waals surface area contributed by atoms with E-state index in [0.29, 0.717) is 12.1 Å². The summed E-state index contributed by atoms with van der Waals surface area (Å²) in [5, 5.41) is 3.66. The topological polar surface area (TPSA) is 21.3 Å². The average molecular weight is 287 g/mol. The predicted octanol–water partition coefficient (Wildman–Crippen LogP) is 4.25. The van der Waals surface area contributed by atoms with Crippen LogP contribution >= 0.6 is 0 Å². The number of benzene rings is 1. The van der Waals surface area contributed by atoms with Crippen LogP contribution in [0.15, 0.2) is 24.3 Å². The molecule has 2 unspecified atom stereocenters. The van der Waals surface area contributed by atoms with Gasteiger partial charge >= 0.3 is 0 Å². The molecule has 2 nitrogen and oxygen atoms in total. The Morgan fingerprint density at radius 1 is 1.14 bits per heavy atom. The molecule has 2 aliphatic carbocycles. The van der Waals surface area contributed by atoms with Gasteiger partial charge in [-0.2, -0.15) is 0 Å². The maximum absolute atomic E-state index is 6.37. The molecule has 0 spiro atoms. The molecule has 2 aliphatic rings. The molecule has 3 rings (SSSR count). The van der Waals surface area contributed by atoms with Gasteiger partial charge in [-0.15, -0.1) is 0 Å². The molecule has 0 heterocycles. The van der Waals surface area contributed by atoms with E-state index in [-0.39, 0.29) is 0 Å². The molecule has 0 aliphatic heterocycles. The smallest absolute Gasteiger partial charge is 0.0828 e. The van der Waals surface area contributed by atoms with Crippen LogP contribution in [0.2, 0.25) is 0 Å². The van der Waals surface area contributed by atoms with Crippen molar-refractivity contribution < 1.29 is 4.74 Å². The second-order valence-electron chi connectivity index (χ2n) is 6.62. The Kier molecular flexibility index (Phi) is 5.32. The van der Waals surface area contributed by atoms with Crippen LogP contribution in [0.3, 0.4) is 0 Å². The minimum atomic E-state index is 0.317. The molecule has 0 aromatic heterocycles. The van der Waals surface area contributed by atoms with Gasteiger partial charge in [-0.1, -0.05) is 44.0 Å². The molecule has 0 saturated heterocycles. The molecule has 1 fully saturated rings. The third kappa shape index (κ3) is 3.67. The molecule has 2 heteroatoms. The number of nitrogens with one attached hydrogen (secondary N) is 1. The van der Waals surface area contributed by atoms with Gasteiger partial charge < -0.3 is 10.1 Å². The fraction of sp³-hybridized carbons (Fsp3) is 0.684. The lowest BCUT2D eigenvalue weighted by atomic mass is 9.89. The molecule has 1 aromatic carbocycles. The third-order valence-corrected chi connectivity index (χ3v) is 5.23. The van der Waals surface area contributed by atoms with Gasteiger partial charge in [0.1, 0.15) is 0 Å². The Morgan fingerprint density at radius 2 is 1.95 bits per heavy atom. The minimum absolute atomic E-state index is 0.317. The Hall–Kier alpha value is -0.860. The van der Waals surface area contributed by atoms with Crippen molar-refractivity contribution in [1.29, 1.82) is 0 Å². The first-order chi connectivity index (χ1) is 10.4. The highest BCUT2D eigenvalue weighted by atomic mass is 16.5. The third-order valence-electron chi connectivity index (χ3n) is 5.23. The van der Waals surface area contributed by atoms with Gasteiger partial charge in [-0.25, -0.2) is 0 Å². The van der Waals surface area contributed by atoms with Crippen LogP contribution in [-0.4, -0.2) is 19.2 Å². The van der Waals surface area contributed by atoms with Gasteiger partial charge in [0.2, 0.25) is 0 Å². The van der Waals surface area contributed by atoms with Crippen molar-refractivity contribution >= 4 is 0 Å². The summed E-state index contributed by atoms with van der Waals surface area (Å²) in [4.78, 5) is 0. The summed E-state index contributed by atoms with van der Waals surface area (Å²) in [6, 6.07) is 9.38. The van der Waals surface area contributed by atoms with Crippen LogP contribution in [-0.2, 0) is 11.2 Å². The first kappa shape index (κ1) is 15.1. The van der Waals surface area contributed by atoms with Crippen molar-refractivity contribution in [3.8, 4) is 0 Å². The number of likely N-dealkylation sites (N-methyl/N-ethyl adjacent to an activating group) is 1. The first-order valence-corrected chi connectivity index (χ1v) is 8.81. The monoisotopic (exact) mass is 287 g/mol. The first-order valence-electron chi connectivity index (χ1n) is 8.81. The molecule has 1 aromatic rings. The van der Waals surface area contributed by atoms with E-state index in [1.807, 2.05) is 0 Å². The molecule has 0 bridgehead atoms. The van der Waals surface area contributed by atoms with Crippen molar-refractivity contribution in [2.24, 2.45) is 5.92 Å². The van der Waals surface area contributed by atoms with E-state index in [1.54, 1.807) is 0 Å². The van der Waals surface area contributed by atoms with Crippen molar-refractivity contribution in [2.45, 2.75) is 64.0 Å². The lowest BCUT2D eigenvalue weighted by Gasteiger charge is -2.30. The molecular formula is C19H29NO. The normalized spacial score (nSPS) is 24.0. The number of hydrogen-bond donors (Lipinski definition) is 1. The number of hydrogen-bond acceptors (Lipinski definition) is 2. The minimum Gasteiger partial charge on any atom is -0.372 e. The van der Waals surface area contributed by atoms with Gasteiger partial charge in [0.25, 0.3) is 0 Å². The van der Waals surface area contributed by atoms with Crippen molar-refractivity contribution in [2.75, 3.05) is 13.2 Å². The van der Waals surface area contributed by atoms with Crippen LogP contribution in [0.25, 0.3) is 0 Å². The maximum Gasteiger partial charge on any atom is 0.0828 e. The summed E-state index contributed by atoms with van der Waals surface area (Å²) in [7, 11) is 0. The highest BCUT2D eigenvalue weighted by Gasteiger charge is 2.27. The Bertz CT molecular complexity index is 439. The Morgan fingerprint density at radius 3 is 2.76 bits per heavy atom. The standard InChI is InChI=1S/C19H29NO/c1-2-20-18(16-9-3-4-10-16)14-21-19-13-7-11-15-8-5-6-12-17(15)19/h5-6,8,12,16,18-20H,2-4,7,9-11,13-14H2,1H3. The number of ether oxygens (including phenoxy) is 1. The molecule has 1 saturated carbocycles. The number of rotatable bonds is 6. The zero-order valence-corrected chi connectivity index (χ0v) is 13.3. The average Bonchev–Trinajstić information content (AvgIpc) is 3.05. The van der Waals surface area contributed by atoms with Gasteiger partial charge in [-0.3, -0.25) is 0 Å². The van der Waals surface area contributed by atoms with E-state index in [2.05, 4.69) is 36.5 Å².